The van der Waals surface area contributed by atoms with Crippen LogP contribution in [0.5, 0.6) is 0 Å². The van der Waals surface area contributed by atoms with Crippen LogP contribution in [-0.4, -0.2) is 41.3 Å². The molecule has 98 valence electrons. The highest BCUT2D eigenvalue weighted by Gasteiger charge is 2.33. The molecular formula is C13H24N2O2. The Morgan fingerprint density at radius 1 is 1.24 bits per heavy atom. The molecule has 2 saturated carbocycles. The van der Waals surface area contributed by atoms with Gasteiger partial charge in [-0.1, -0.05) is 6.92 Å². The first-order valence-electron chi connectivity index (χ1n) is 6.88. The van der Waals surface area contributed by atoms with E-state index in [1.165, 1.54) is 12.8 Å². The van der Waals surface area contributed by atoms with E-state index in [0.29, 0.717) is 18.6 Å². The first-order valence-corrected chi connectivity index (χ1v) is 6.88. The van der Waals surface area contributed by atoms with Gasteiger partial charge in [0.05, 0.1) is 6.61 Å². The van der Waals surface area contributed by atoms with Gasteiger partial charge < -0.3 is 15.3 Å². The van der Waals surface area contributed by atoms with Crippen molar-refractivity contribution in [2.45, 2.75) is 57.5 Å². The van der Waals surface area contributed by atoms with Crippen molar-refractivity contribution in [2.24, 2.45) is 5.92 Å². The van der Waals surface area contributed by atoms with E-state index in [-0.39, 0.29) is 12.6 Å². The molecule has 0 bridgehead atoms. The van der Waals surface area contributed by atoms with Crippen molar-refractivity contribution < 1.29 is 9.90 Å². The van der Waals surface area contributed by atoms with Crippen molar-refractivity contribution in [2.75, 3.05) is 13.2 Å². The second-order valence-corrected chi connectivity index (χ2v) is 5.55. The van der Waals surface area contributed by atoms with Gasteiger partial charge >= 0.3 is 6.03 Å². The van der Waals surface area contributed by atoms with Gasteiger partial charge in [-0.25, -0.2) is 4.79 Å². The van der Waals surface area contributed by atoms with Crippen LogP contribution in [-0.2, 0) is 0 Å². The number of nitrogens with one attached hydrogen (secondary N) is 1. The van der Waals surface area contributed by atoms with Crippen LogP contribution in [0, 0.1) is 5.92 Å². The average Bonchev–Trinajstić information content (AvgIpc) is 3.13. The van der Waals surface area contributed by atoms with Crippen LogP contribution < -0.4 is 5.32 Å². The highest BCUT2D eigenvalue weighted by atomic mass is 16.3. The van der Waals surface area contributed by atoms with E-state index < -0.39 is 0 Å². The first kappa shape index (κ1) is 12.7. The molecule has 2 N–H and O–H groups in total. The summed E-state index contributed by atoms with van der Waals surface area (Å²) in [6.45, 7) is 2.81. The Morgan fingerprint density at radius 3 is 2.41 bits per heavy atom. The summed E-state index contributed by atoms with van der Waals surface area (Å²) in [5.41, 5.74) is 0. The third-order valence-corrected chi connectivity index (χ3v) is 3.93. The van der Waals surface area contributed by atoms with Crippen LogP contribution in [0.15, 0.2) is 0 Å². The minimum absolute atomic E-state index is 0.0288. The number of aliphatic hydroxyl groups is 1. The molecule has 0 saturated heterocycles. The maximum absolute atomic E-state index is 12.1. The second kappa shape index (κ2) is 5.71. The van der Waals surface area contributed by atoms with E-state index in [1.807, 2.05) is 0 Å². The lowest BCUT2D eigenvalue weighted by molar-refractivity contribution is 0.166. The van der Waals surface area contributed by atoms with Gasteiger partial charge in [0, 0.05) is 18.6 Å². The Bertz CT molecular complexity index is 258. The van der Waals surface area contributed by atoms with Crippen molar-refractivity contribution in [3.05, 3.63) is 0 Å². The Hall–Kier alpha value is -0.770. The Balaban J connectivity index is 1.78. The molecule has 0 aromatic carbocycles. The van der Waals surface area contributed by atoms with Gasteiger partial charge in [-0.15, -0.1) is 0 Å². The molecule has 2 fully saturated rings. The Labute approximate surface area is 103 Å². The number of aliphatic hydroxyl groups excluding tert-OH is 1. The Kier molecular flexibility index (Phi) is 4.26. The SMILES string of the molecule is CC1CCC(NC(=O)N(CCO)C2CC2)CC1. The lowest BCUT2D eigenvalue weighted by atomic mass is 9.87. The molecule has 0 unspecified atom stereocenters. The molecule has 0 atom stereocenters. The predicted molar refractivity (Wildman–Crippen MR) is 66.8 cm³/mol. The summed E-state index contributed by atoms with van der Waals surface area (Å²) in [5, 5.41) is 12.1. The molecule has 0 aromatic heterocycles. The standard InChI is InChI=1S/C13H24N2O2/c1-10-2-4-11(5-3-10)14-13(17)15(8-9-16)12-6-7-12/h10-12,16H,2-9H2,1H3,(H,14,17). The molecule has 2 amide bonds. The lowest BCUT2D eigenvalue weighted by Gasteiger charge is -2.30. The summed E-state index contributed by atoms with van der Waals surface area (Å²) in [4.78, 5) is 13.9. The van der Waals surface area contributed by atoms with Gasteiger partial charge in [-0.05, 0) is 44.4 Å². The summed E-state index contributed by atoms with van der Waals surface area (Å²) >= 11 is 0. The fourth-order valence-electron chi connectivity index (χ4n) is 2.61. The minimum Gasteiger partial charge on any atom is -0.395 e. The maximum Gasteiger partial charge on any atom is 0.317 e. The zero-order valence-electron chi connectivity index (χ0n) is 10.7. The molecule has 2 aliphatic carbocycles. The largest absolute Gasteiger partial charge is 0.395 e. The topological polar surface area (TPSA) is 52.6 Å². The molecule has 4 heteroatoms. The molecule has 17 heavy (non-hydrogen) atoms. The third-order valence-electron chi connectivity index (χ3n) is 3.93. The lowest BCUT2D eigenvalue weighted by Crippen LogP contribution is -2.47. The number of hydrogen-bond donors (Lipinski definition) is 2. The zero-order valence-corrected chi connectivity index (χ0v) is 10.7. The van der Waals surface area contributed by atoms with Gasteiger partial charge in [-0.3, -0.25) is 0 Å². The molecule has 0 heterocycles. The first-order chi connectivity index (χ1) is 8.20. The van der Waals surface area contributed by atoms with Gasteiger partial charge in [0.25, 0.3) is 0 Å². The fourth-order valence-corrected chi connectivity index (χ4v) is 2.61. The molecule has 0 spiro atoms. The maximum atomic E-state index is 12.1. The van der Waals surface area contributed by atoms with E-state index in [9.17, 15) is 4.79 Å². The van der Waals surface area contributed by atoms with E-state index in [4.69, 9.17) is 5.11 Å². The minimum atomic E-state index is 0.0288. The number of nitrogens with zero attached hydrogens (tertiary/aromatic N) is 1. The van der Waals surface area contributed by atoms with E-state index in [1.54, 1.807) is 4.90 Å². The molecule has 2 aliphatic rings. The number of carbonyl (C=O) groups is 1. The van der Waals surface area contributed by atoms with Crippen LogP contribution in [0.1, 0.15) is 45.4 Å². The van der Waals surface area contributed by atoms with E-state index in [2.05, 4.69) is 12.2 Å². The van der Waals surface area contributed by atoms with Crippen LogP contribution >= 0.6 is 0 Å². The predicted octanol–water partition coefficient (Wildman–Crippen LogP) is 1.73. The highest BCUT2D eigenvalue weighted by molar-refractivity contribution is 5.75. The number of hydrogen-bond acceptors (Lipinski definition) is 2. The van der Waals surface area contributed by atoms with Gasteiger partial charge in [-0.2, -0.15) is 0 Å². The van der Waals surface area contributed by atoms with Crippen LogP contribution in [0.25, 0.3) is 0 Å². The fraction of sp³-hybridized carbons (Fsp3) is 0.923. The summed E-state index contributed by atoms with van der Waals surface area (Å²) in [6.07, 6.45) is 6.82. The summed E-state index contributed by atoms with van der Waals surface area (Å²) in [5.74, 6) is 0.806. The second-order valence-electron chi connectivity index (χ2n) is 5.55. The number of amides is 2. The normalized spacial score (nSPS) is 28.8. The molecule has 0 aromatic rings. The number of carbonyl (C=O) groups excluding carboxylic acids is 1. The highest BCUT2D eigenvalue weighted by Crippen LogP contribution is 2.27. The third kappa shape index (κ3) is 3.60. The number of rotatable bonds is 4. The van der Waals surface area contributed by atoms with E-state index >= 15 is 0 Å². The summed E-state index contributed by atoms with van der Waals surface area (Å²) in [7, 11) is 0. The van der Waals surface area contributed by atoms with Gasteiger partial charge in [0.1, 0.15) is 0 Å². The smallest absolute Gasteiger partial charge is 0.317 e. The monoisotopic (exact) mass is 240 g/mol. The van der Waals surface area contributed by atoms with Crippen LogP contribution in [0.3, 0.4) is 0 Å². The quantitative estimate of drug-likeness (QED) is 0.786. The molecular weight excluding hydrogens is 216 g/mol. The molecule has 4 nitrogen and oxygen atoms in total. The van der Waals surface area contributed by atoms with Crippen molar-refractivity contribution in [3.8, 4) is 0 Å². The summed E-state index contributed by atoms with van der Waals surface area (Å²) < 4.78 is 0. The van der Waals surface area contributed by atoms with Crippen LogP contribution in [0.2, 0.25) is 0 Å². The summed E-state index contributed by atoms with van der Waals surface area (Å²) in [6, 6.07) is 0.754. The van der Waals surface area contributed by atoms with E-state index in [0.717, 1.165) is 31.6 Å². The van der Waals surface area contributed by atoms with Crippen molar-refractivity contribution in [3.63, 3.8) is 0 Å². The number of urea groups is 1. The molecule has 0 radical (unpaired) electrons. The molecule has 0 aliphatic heterocycles. The van der Waals surface area contributed by atoms with Crippen molar-refractivity contribution in [1.82, 2.24) is 10.2 Å². The zero-order chi connectivity index (χ0) is 12.3. The van der Waals surface area contributed by atoms with Crippen molar-refractivity contribution >= 4 is 6.03 Å². The molecule has 2 rings (SSSR count). The van der Waals surface area contributed by atoms with Crippen LogP contribution in [0.4, 0.5) is 4.79 Å². The average molecular weight is 240 g/mol. The van der Waals surface area contributed by atoms with Gasteiger partial charge in [0.2, 0.25) is 0 Å². The van der Waals surface area contributed by atoms with Gasteiger partial charge in [0.15, 0.2) is 0 Å². The Morgan fingerprint density at radius 2 is 1.88 bits per heavy atom. The van der Waals surface area contributed by atoms with Crippen molar-refractivity contribution in [1.29, 1.82) is 0 Å².